The molecule has 1 aromatic heterocycles. The summed E-state index contributed by atoms with van der Waals surface area (Å²) in [5, 5.41) is 17.9. The van der Waals surface area contributed by atoms with E-state index in [1.165, 1.54) is 0 Å². The number of pyridine rings is 1. The van der Waals surface area contributed by atoms with E-state index in [0.717, 1.165) is 77.6 Å². The van der Waals surface area contributed by atoms with E-state index in [0.29, 0.717) is 0 Å². The van der Waals surface area contributed by atoms with Gasteiger partial charge < -0.3 is 20.3 Å². The molecule has 10 heteroatoms. The number of aromatic nitrogens is 1. The van der Waals surface area contributed by atoms with Gasteiger partial charge in [-0.1, -0.05) is 6.07 Å². The minimum atomic E-state index is -1.82. The summed E-state index contributed by atoms with van der Waals surface area (Å²) in [4.78, 5) is 39.6. The van der Waals surface area contributed by atoms with E-state index < -0.39 is 11.9 Å². The van der Waals surface area contributed by atoms with Crippen LogP contribution in [0.4, 0.5) is 0 Å². The second kappa shape index (κ2) is 12.9. The van der Waals surface area contributed by atoms with Crippen LogP contribution in [-0.2, 0) is 25.7 Å². The number of aliphatic carboxylic acids is 2. The third-order valence-electron chi connectivity index (χ3n) is 5.08. The molecule has 1 amide bonds. The Bertz CT molecular complexity index is 661. The lowest BCUT2D eigenvalue weighted by Gasteiger charge is -2.31. The molecular formula is C20H30N4O6. The van der Waals surface area contributed by atoms with Crippen LogP contribution in [0.15, 0.2) is 24.4 Å². The molecule has 1 aromatic rings. The van der Waals surface area contributed by atoms with Crippen molar-refractivity contribution in [1.82, 2.24) is 20.1 Å². The first-order valence-electron chi connectivity index (χ1n) is 10.1. The van der Waals surface area contributed by atoms with E-state index in [4.69, 9.17) is 24.5 Å². The Kier molecular flexibility index (Phi) is 10.2. The Morgan fingerprint density at radius 2 is 1.70 bits per heavy atom. The van der Waals surface area contributed by atoms with Crippen molar-refractivity contribution in [2.24, 2.45) is 5.92 Å². The molecule has 3 heterocycles. The fourth-order valence-corrected chi connectivity index (χ4v) is 3.38. The maximum absolute atomic E-state index is 12.3. The monoisotopic (exact) mass is 422 g/mol. The van der Waals surface area contributed by atoms with Gasteiger partial charge in [0.15, 0.2) is 0 Å². The van der Waals surface area contributed by atoms with Crippen molar-refractivity contribution >= 4 is 17.8 Å². The third-order valence-corrected chi connectivity index (χ3v) is 5.08. The molecule has 2 fully saturated rings. The summed E-state index contributed by atoms with van der Waals surface area (Å²) in [7, 11) is 0. The van der Waals surface area contributed by atoms with Crippen LogP contribution in [0.1, 0.15) is 18.5 Å². The molecular weight excluding hydrogens is 392 g/mol. The largest absolute Gasteiger partial charge is 0.473 e. The molecule has 2 aliphatic rings. The maximum atomic E-state index is 12.3. The number of carbonyl (C=O) groups is 3. The van der Waals surface area contributed by atoms with E-state index in [1.807, 2.05) is 18.3 Å². The van der Waals surface area contributed by atoms with Crippen LogP contribution in [-0.4, -0.2) is 95.3 Å². The summed E-state index contributed by atoms with van der Waals surface area (Å²) in [6, 6.07) is 6.03. The summed E-state index contributed by atoms with van der Waals surface area (Å²) in [5.41, 5.74) is 1.10. The first-order valence-corrected chi connectivity index (χ1v) is 10.1. The number of amides is 1. The molecule has 0 atom stereocenters. The van der Waals surface area contributed by atoms with Crippen LogP contribution in [0, 0.1) is 5.92 Å². The van der Waals surface area contributed by atoms with Gasteiger partial charge in [0, 0.05) is 44.8 Å². The highest BCUT2D eigenvalue weighted by molar-refractivity contribution is 6.27. The maximum Gasteiger partial charge on any atom is 0.414 e. The first kappa shape index (κ1) is 23.7. The van der Waals surface area contributed by atoms with Gasteiger partial charge in [-0.25, -0.2) is 9.59 Å². The van der Waals surface area contributed by atoms with Crippen LogP contribution in [0.25, 0.3) is 0 Å². The molecule has 166 valence electrons. The summed E-state index contributed by atoms with van der Waals surface area (Å²) in [6.07, 6.45) is 3.72. The number of piperidine rings is 1. The molecule has 0 aliphatic carbocycles. The Balaban J connectivity index is 0.000000469. The molecule has 0 unspecified atom stereocenters. The highest BCUT2D eigenvalue weighted by atomic mass is 16.5. The van der Waals surface area contributed by atoms with E-state index >= 15 is 0 Å². The van der Waals surface area contributed by atoms with E-state index in [9.17, 15) is 4.79 Å². The Morgan fingerprint density at radius 3 is 2.27 bits per heavy atom. The fourth-order valence-electron chi connectivity index (χ4n) is 3.38. The number of rotatable bonds is 6. The summed E-state index contributed by atoms with van der Waals surface area (Å²) in [6.45, 7) is 8.05. The highest BCUT2D eigenvalue weighted by Crippen LogP contribution is 2.18. The summed E-state index contributed by atoms with van der Waals surface area (Å²) in [5.74, 6) is -3.26. The number of nitrogens with zero attached hydrogens (tertiary/aromatic N) is 3. The van der Waals surface area contributed by atoms with Crippen LogP contribution in [0.5, 0.6) is 0 Å². The van der Waals surface area contributed by atoms with Gasteiger partial charge in [0.05, 0.1) is 18.9 Å². The molecule has 2 saturated heterocycles. The van der Waals surface area contributed by atoms with Gasteiger partial charge in [0.1, 0.15) is 0 Å². The lowest BCUT2D eigenvalue weighted by molar-refractivity contribution is -0.159. The number of hydrogen-bond acceptors (Lipinski definition) is 7. The van der Waals surface area contributed by atoms with Crippen molar-refractivity contribution in [1.29, 1.82) is 0 Å². The summed E-state index contributed by atoms with van der Waals surface area (Å²) < 4.78 is 5.34. The lowest BCUT2D eigenvalue weighted by Crippen LogP contribution is -2.44. The molecule has 0 saturated carbocycles. The first-order chi connectivity index (χ1) is 14.5. The molecule has 0 radical (unpaired) electrons. The number of carboxylic acids is 2. The van der Waals surface area contributed by atoms with Crippen molar-refractivity contribution in [2.75, 3.05) is 52.5 Å². The smallest absolute Gasteiger partial charge is 0.414 e. The number of morpholine rings is 1. The predicted molar refractivity (Wildman–Crippen MR) is 108 cm³/mol. The van der Waals surface area contributed by atoms with Gasteiger partial charge in [0.2, 0.25) is 5.91 Å². The molecule has 0 bridgehead atoms. The quantitative estimate of drug-likeness (QED) is 0.538. The van der Waals surface area contributed by atoms with E-state index in [1.54, 1.807) is 0 Å². The van der Waals surface area contributed by atoms with Crippen LogP contribution >= 0.6 is 0 Å². The molecule has 30 heavy (non-hydrogen) atoms. The molecule has 0 aromatic carbocycles. The van der Waals surface area contributed by atoms with E-state index in [2.05, 4.69) is 26.2 Å². The van der Waals surface area contributed by atoms with Gasteiger partial charge in [-0.3, -0.25) is 19.6 Å². The normalized spacial score (nSPS) is 18.1. The average Bonchev–Trinajstić information content (AvgIpc) is 2.76. The SMILES string of the molecule is O=C(NCCN1CCOCC1)C1CCN(Cc2ccccn2)CC1.O=C(O)C(=O)O. The third kappa shape index (κ3) is 8.85. The minimum Gasteiger partial charge on any atom is -0.473 e. The van der Waals surface area contributed by atoms with Gasteiger partial charge in [-0.05, 0) is 38.1 Å². The standard InChI is InChI=1S/C18H28N4O2.C2H2O4/c23-18(20-7-10-21-11-13-24-14-12-21)16-4-8-22(9-5-16)15-17-3-1-2-6-19-17;3-1(4)2(5)6/h1-3,6,16H,4-5,7-15H2,(H,20,23);(H,3,4)(H,5,6). The van der Waals surface area contributed by atoms with Crippen LogP contribution in [0.2, 0.25) is 0 Å². The molecule has 10 nitrogen and oxygen atoms in total. The van der Waals surface area contributed by atoms with Gasteiger partial charge in [0.25, 0.3) is 0 Å². The topological polar surface area (TPSA) is 132 Å². The molecule has 0 spiro atoms. The zero-order valence-electron chi connectivity index (χ0n) is 17.0. The lowest BCUT2D eigenvalue weighted by atomic mass is 9.96. The summed E-state index contributed by atoms with van der Waals surface area (Å²) >= 11 is 0. The number of ether oxygens (including phenoxy) is 1. The molecule has 3 N–H and O–H groups in total. The van der Waals surface area contributed by atoms with Crippen LogP contribution in [0.3, 0.4) is 0 Å². The molecule has 3 rings (SSSR count). The predicted octanol–water partition coefficient (Wildman–Crippen LogP) is -0.102. The Hall–Kier alpha value is -2.56. The van der Waals surface area contributed by atoms with Gasteiger partial charge >= 0.3 is 11.9 Å². The van der Waals surface area contributed by atoms with Crippen molar-refractivity contribution in [2.45, 2.75) is 19.4 Å². The zero-order valence-corrected chi connectivity index (χ0v) is 17.0. The van der Waals surface area contributed by atoms with Crippen molar-refractivity contribution in [3.63, 3.8) is 0 Å². The van der Waals surface area contributed by atoms with Crippen molar-refractivity contribution < 1.29 is 29.3 Å². The second-order valence-corrected chi connectivity index (χ2v) is 7.23. The average molecular weight is 422 g/mol. The fraction of sp³-hybridized carbons (Fsp3) is 0.600. The van der Waals surface area contributed by atoms with E-state index in [-0.39, 0.29) is 11.8 Å². The number of hydrogen-bond donors (Lipinski definition) is 3. The van der Waals surface area contributed by atoms with Crippen molar-refractivity contribution in [3.05, 3.63) is 30.1 Å². The van der Waals surface area contributed by atoms with Crippen molar-refractivity contribution in [3.8, 4) is 0 Å². The Morgan fingerprint density at radius 1 is 1.03 bits per heavy atom. The Labute approximate surface area is 175 Å². The van der Waals surface area contributed by atoms with Gasteiger partial charge in [-0.15, -0.1) is 0 Å². The number of carbonyl (C=O) groups excluding carboxylic acids is 1. The highest BCUT2D eigenvalue weighted by Gasteiger charge is 2.25. The number of likely N-dealkylation sites (tertiary alicyclic amines) is 1. The number of carboxylic acid groups (broad SMARTS) is 2. The number of nitrogens with one attached hydrogen (secondary N) is 1. The van der Waals surface area contributed by atoms with Crippen LogP contribution < -0.4 is 5.32 Å². The van der Waals surface area contributed by atoms with Gasteiger partial charge in [-0.2, -0.15) is 0 Å². The zero-order chi connectivity index (χ0) is 21.8. The minimum absolute atomic E-state index is 0.162. The second-order valence-electron chi connectivity index (χ2n) is 7.23. The molecule has 2 aliphatic heterocycles.